The van der Waals surface area contributed by atoms with Crippen molar-refractivity contribution in [3.63, 3.8) is 0 Å². The highest BCUT2D eigenvalue weighted by molar-refractivity contribution is 6.05. The molecule has 0 unspecified atom stereocenters. The van der Waals surface area contributed by atoms with Crippen molar-refractivity contribution in [2.45, 2.75) is 6.54 Å². The molecule has 1 aliphatic rings. The van der Waals surface area contributed by atoms with Crippen LogP contribution in [0.15, 0.2) is 84.9 Å². The second-order valence-corrected chi connectivity index (χ2v) is 6.70. The number of para-hydroxylation sites is 3. The molecule has 4 aromatic rings. The van der Waals surface area contributed by atoms with Gasteiger partial charge in [0.25, 0.3) is 0 Å². The van der Waals surface area contributed by atoms with Crippen LogP contribution in [-0.4, -0.2) is 17.1 Å². The van der Waals surface area contributed by atoms with Gasteiger partial charge in [0.15, 0.2) is 0 Å². The van der Waals surface area contributed by atoms with Gasteiger partial charge in [0.2, 0.25) is 0 Å². The number of nitrogens with zero attached hydrogens (tertiary/aromatic N) is 2. The van der Waals surface area contributed by atoms with Crippen LogP contribution in [0.25, 0.3) is 22.2 Å². The molecule has 0 saturated carbocycles. The molecule has 3 aromatic carbocycles. The van der Waals surface area contributed by atoms with Crippen LogP contribution in [0.5, 0.6) is 0 Å². The second-order valence-electron chi connectivity index (χ2n) is 6.70. The van der Waals surface area contributed by atoms with E-state index in [4.69, 9.17) is 0 Å². The molecule has 0 bridgehead atoms. The molecule has 0 saturated heterocycles. The number of nitrogens with one attached hydrogen (secondary N) is 1. The van der Waals surface area contributed by atoms with Crippen LogP contribution in [0.2, 0.25) is 0 Å². The summed E-state index contributed by atoms with van der Waals surface area (Å²) >= 11 is 0. The second kappa shape index (κ2) is 6.32. The minimum absolute atomic E-state index is 0.108. The van der Waals surface area contributed by atoms with E-state index in [2.05, 4.69) is 46.3 Å². The molecule has 0 atom stereocenters. The van der Waals surface area contributed by atoms with E-state index < -0.39 is 0 Å². The lowest BCUT2D eigenvalue weighted by atomic mass is 10.1. The molecule has 0 aliphatic carbocycles. The van der Waals surface area contributed by atoms with Crippen molar-refractivity contribution in [3.8, 4) is 11.3 Å². The van der Waals surface area contributed by atoms with Gasteiger partial charge in [-0.25, -0.2) is 4.79 Å². The molecule has 0 fully saturated rings. The van der Waals surface area contributed by atoms with Crippen LogP contribution in [0.3, 0.4) is 0 Å². The van der Waals surface area contributed by atoms with E-state index in [0.29, 0.717) is 6.54 Å². The van der Waals surface area contributed by atoms with Gasteiger partial charge in [-0.3, -0.25) is 4.90 Å². The van der Waals surface area contributed by atoms with Gasteiger partial charge in [-0.15, -0.1) is 0 Å². The Morgan fingerprint density at radius 1 is 0.815 bits per heavy atom. The summed E-state index contributed by atoms with van der Waals surface area (Å²) in [4.78, 5) is 14.9. The largest absolute Gasteiger partial charge is 0.339 e. The van der Waals surface area contributed by atoms with Gasteiger partial charge < -0.3 is 9.88 Å². The first kappa shape index (κ1) is 15.7. The molecule has 4 nitrogen and oxygen atoms in total. The number of aromatic nitrogens is 1. The summed E-state index contributed by atoms with van der Waals surface area (Å²) in [6.45, 7) is 1.36. The summed E-state index contributed by atoms with van der Waals surface area (Å²) in [7, 11) is 0. The number of carbonyl (C=O) groups is 1. The van der Waals surface area contributed by atoms with E-state index >= 15 is 0 Å². The molecule has 5 rings (SSSR count). The van der Waals surface area contributed by atoms with Gasteiger partial charge >= 0.3 is 6.03 Å². The molecule has 27 heavy (non-hydrogen) atoms. The molecule has 0 spiro atoms. The quantitative estimate of drug-likeness (QED) is 0.491. The number of amides is 2. The van der Waals surface area contributed by atoms with Crippen molar-refractivity contribution in [1.82, 2.24) is 4.57 Å². The van der Waals surface area contributed by atoms with Crippen LogP contribution < -0.4 is 10.2 Å². The number of urea groups is 1. The van der Waals surface area contributed by atoms with Crippen molar-refractivity contribution in [2.75, 3.05) is 16.8 Å². The number of anilines is 2. The lowest BCUT2D eigenvalue weighted by molar-refractivity contribution is 0.256. The summed E-state index contributed by atoms with van der Waals surface area (Å²) in [5.41, 5.74) is 5.17. The fourth-order valence-electron chi connectivity index (χ4n) is 3.84. The lowest BCUT2D eigenvalue weighted by Gasteiger charge is -2.23. The highest BCUT2D eigenvalue weighted by Gasteiger charge is 2.25. The highest BCUT2D eigenvalue weighted by atomic mass is 16.2. The Hall–Kier alpha value is -3.53. The predicted molar refractivity (Wildman–Crippen MR) is 110 cm³/mol. The third-order valence-electron chi connectivity index (χ3n) is 5.10. The van der Waals surface area contributed by atoms with Gasteiger partial charge in [0.05, 0.1) is 11.4 Å². The first-order chi connectivity index (χ1) is 13.3. The molecule has 4 heteroatoms. The molecule has 1 aliphatic heterocycles. The third-order valence-corrected chi connectivity index (χ3v) is 5.10. The maximum atomic E-state index is 13.0. The van der Waals surface area contributed by atoms with E-state index in [-0.39, 0.29) is 6.03 Å². The first-order valence-corrected chi connectivity index (χ1v) is 9.12. The SMILES string of the molecule is O=C(Nc1ccccc1)N1CCn2c(cc3ccccc32)-c2ccccc21. The average Bonchev–Trinajstić information content (AvgIpc) is 2.99. The summed E-state index contributed by atoms with van der Waals surface area (Å²) in [6.07, 6.45) is 0. The van der Waals surface area contributed by atoms with Crippen molar-refractivity contribution in [1.29, 1.82) is 0 Å². The summed E-state index contributed by atoms with van der Waals surface area (Å²) in [6, 6.07) is 28.2. The maximum absolute atomic E-state index is 13.0. The molecule has 2 amide bonds. The fraction of sp³-hybridized carbons (Fsp3) is 0.0870. The van der Waals surface area contributed by atoms with Crippen LogP contribution >= 0.6 is 0 Å². The molecule has 1 aromatic heterocycles. The highest BCUT2D eigenvalue weighted by Crippen LogP contribution is 2.37. The van der Waals surface area contributed by atoms with E-state index in [1.54, 1.807) is 0 Å². The first-order valence-electron chi connectivity index (χ1n) is 9.12. The number of rotatable bonds is 1. The number of hydrogen-bond acceptors (Lipinski definition) is 1. The topological polar surface area (TPSA) is 37.3 Å². The molecular formula is C23H19N3O. The fourth-order valence-corrected chi connectivity index (χ4v) is 3.84. The normalized spacial score (nSPS) is 13.0. The smallest absolute Gasteiger partial charge is 0.326 e. The summed E-state index contributed by atoms with van der Waals surface area (Å²) in [5, 5.41) is 4.24. The number of carbonyl (C=O) groups excluding carboxylic acids is 1. The molecule has 132 valence electrons. The molecular weight excluding hydrogens is 334 g/mol. The van der Waals surface area contributed by atoms with E-state index in [0.717, 1.165) is 29.2 Å². The Morgan fingerprint density at radius 2 is 1.56 bits per heavy atom. The zero-order valence-electron chi connectivity index (χ0n) is 14.8. The van der Waals surface area contributed by atoms with Crippen LogP contribution in [0.1, 0.15) is 0 Å². The third kappa shape index (κ3) is 2.66. The van der Waals surface area contributed by atoms with Gasteiger partial charge in [-0.1, -0.05) is 54.6 Å². The Kier molecular flexibility index (Phi) is 3.68. The minimum atomic E-state index is -0.108. The van der Waals surface area contributed by atoms with E-state index in [1.807, 2.05) is 53.4 Å². The Labute approximate surface area is 157 Å². The molecule has 2 heterocycles. The zero-order valence-corrected chi connectivity index (χ0v) is 14.8. The van der Waals surface area contributed by atoms with Crippen molar-refractivity contribution < 1.29 is 4.79 Å². The van der Waals surface area contributed by atoms with Gasteiger partial charge in [0.1, 0.15) is 0 Å². The van der Waals surface area contributed by atoms with Crippen LogP contribution in [0.4, 0.5) is 16.2 Å². The van der Waals surface area contributed by atoms with E-state index in [9.17, 15) is 4.79 Å². The van der Waals surface area contributed by atoms with Gasteiger partial charge in [-0.05, 0) is 30.3 Å². The average molecular weight is 353 g/mol. The van der Waals surface area contributed by atoms with Crippen molar-refractivity contribution in [2.24, 2.45) is 0 Å². The standard InChI is InChI=1S/C23H19N3O/c27-23(24-18-9-2-1-3-10-18)26-15-14-25-20-12-6-4-8-17(20)16-22(25)19-11-5-7-13-21(19)26/h1-13,16H,14-15H2,(H,24,27). The van der Waals surface area contributed by atoms with E-state index in [1.165, 1.54) is 10.9 Å². The molecule has 1 N–H and O–H groups in total. The minimum Gasteiger partial charge on any atom is -0.339 e. The van der Waals surface area contributed by atoms with Crippen LogP contribution in [-0.2, 0) is 6.54 Å². The van der Waals surface area contributed by atoms with Gasteiger partial charge in [0, 0.05) is 35.2 Å². The summed E-state index contributed by atoms with van der Waals surface area (Å²) < 4.78 is 2.31. The van der Waals surface area contributed by atoms with Crippen LogP contribution in [0, 0.1) is 0 Å². The Morgan fingerprint density at radius 3 is 2.44 bits per heavy atom. The Balaban J connectivity index is 1.59. The predicted octanol–water partition coefficient (Wildman–Crippen LogP) is 5.36. The zero-order chi connectivity index (χ0) is 18.2. The number of benzene rings is 3. The van der Waals surface area contributed by atoms with Crippen molar-refractivity contribution in [3.05, 3.63) is 84.9 Å². The number of fused-ring (bicyclic) bond motifs is 5. The maximum Gasteiger partial charge on any atom is 0.326 e. The number of hydrogen-bond donors (Lipinski definition) is 1. The van der Waals surface area contributed by atoms with Crippen molar-refractivity contribution >= 4 is 28.3 Å². The monoisotopic (exact) mass is 353 g/mol. The Bertz CT molecular complexity index is 1130. The molecule has 0 radical (unpaired) electrons. The van der Waals surface area contributed by atoms with Gasteiger partial charge in [-0.2, -0.15) is 0 Å². The lowest BCUT2D eigenvalue weighted by Crippen LogP contribution is -2.36. The summed E-state index contributed by atoms with van der Waals surface area (Å²) in [5.74, 6) is 0.